The molecule has 0 aromatic carbocycles. The van der Waals surface area contributed by atoms with E-state index >= 15 is 0 Å². The number of rotatable bonds is 1. The van der Waals surface area contributed by atoms with Crippen LogP contribution in [0.25, 0.3) is 0 Å². The first-order chi connectivity index (χ1) is 5.24. The first-order valence-electron chi connectivity index (χ1n) is 3.28. The third-order valence-corrected chi connectivity index (χ3v) is 1.90. The zero-order valence-electron chi connectivity index (χ0n) is 5.56. The van der Waals surface area contributed by atoms with Gasteiger partial charge < -0.3 is 9.84 Å². The van der Waals surface area contributed by atoms with Crippen molar-refractivity contribution < 1.29 is 19.4 Å². The predicted octanol–water partition coefficient (Wildman–Crippen LogP) is -1.18. The molecule has 0 bridgehead atoms. The summed E-state index contributed by atoms with van der Waals surface area (Å²) in [5, 5.41) is 9.22. The Balaban J connectivity index is 2.31. The molecule has 4 heteroatoms. The molecular formula is C7H6O4. The molecule has 1 aliphatic heterocycles. The number of aldehydes is 1. The Kier molecular flexibility index (Phi) is 1.21. The van der Waals surface area contributed by atoms with Crippen molar-refractivity contribution in [3.8, 4) is 0 Å². The van der Waals surface area contributed by atoms with Crippen LogP contribution < -0.4 is 0 Å². The molecule has 2 rings (SSSR count). The number of carbonyl (C=O) groups excluding carboxylic acids is 2. The molecule has 1 heterocycles. The molecule has 11 heavy (non-hydrogen) atoms. The molecule has 1 fully saturated rings. The lowest BCUT2D eigenvalue weighted by Crippen LogP contribution is -2.28. The number of aliphatic hydroxyl groups excluding tert-OH is 1. The van der Waals surface area contributed by atoms with Crippen molar-refractivity contribution in [2.24, 2.45) is 0 Å². The summed E-state index contributed by atoms with van der Waals surface area (Å²) < 4.78 is 4.82. The molecule has 0 aromatic rings. The third-order valence-electron chi connectivity index (χ3n) is 1.90. The average molecular weight is 154 g/mol. The molecule has 2 aliphatic rings. The Morgan fingerprint density at radius 2 is 2.36 bits per heavy atom. The second kappa shape index (κ2) is 1.99. The molecule has 1 aliphatic carbocycles. The fraction of sp³-hybridized carbons (Fsp3) is 0.429. The van der Waals surface area contributed by atoms with Gasteiger partial charge in [-0.3, -0.25) is 9.59 Å². The minimum Gasteiger partial charge on any atom is -0.385 e. The van der Waals surface area contributed by atoms with Crippen molar-refractivity contribution in [1.82, 2.24) is 0 Å². The minimum absolute atomic E-state index is 0.119. The van der Waals surface area contributed by atoms with E-state index in [4.69, 9.17) is 4.74 Å². The van der Waals surface area contributed by atoms with E-state index in [1.807, 2.05) is 0 Å². The maximum atomic E-state index is 10.9. The SMILES string of the molecule is O=CC1=CC(=O)C2OC2C1O. The van der Waals surface area contributed by atoms with Crippen LogP contribution in [0.2, 0.25) is 0 Å². The molecule has 0 spiro atoms. The molecule has 1 N–H and O–H groups in total. The largest absolute Gasteiger partial charge is 0.385 e. The van der Waals surface area contributed by atoms with Crippen LogP contribution in [0.5, 0.6) is 0 Å². The van der Waals surface area contributed by atoms with E-state index in [0.717, 1.165) is 6.08 Å². The Labute approximate surface area is 62.5 Å². The van der Waals surface area contributed by atoms with Gasteiger partial charge in [0.15, 0.2) is 5.78 Å². The normalized spacial score (nSPS) is 41.0. The first kappa shape index (κ1) is 6.69. The van der Waals surface area contributed by atoms with Gasteiger partial charge in [-0.05, 0) is 6.08 Å². The number of ether oxygens (including phenoxy) is 1. The molecule has 0 saturated carbocycles. The van der Waals surface area contributed by atoms with Gasteiger partial charge in [-0.25, -0.2) is 0 Å². The third kappa shape index (κ3) is 0.834. The molecule has 3 unspecified atom stereocenters. The maximum absolute atomic E-state index is 10.9. The molecule has 1 saturated heterocycles. The standard InChI is InChI=1S/C7H6O4/c8-2-3-1-4(9)6-7(11-6)5(3)10/h1-2,5-7,10H. The smallest absolute Gasteiger partial charge is 0.187 e. The van der Waals surface area contributed by atoms with Crippen molar-refractivity contribution in [1.29, 1.82) is 0 Å². The van der Waals surface area contributed by atoms with Crippen LogP contribution >= 0.6 is 0 Å². The predicted molar refractivity (Wildman–Crippen MR) is 33.8 cm³/mol. The summed E-state index contributed by atoms with van der Waals surface area (Å²) in [7, 11) is 0. The second-order valence-electron chi connectivity index (χ2n) is 2.63. The molecule has 0 radical (unpaired) electrons. The van der Waals surface area contributed by atoms with Crippen LogP contribution in [0.4, 0.5) is 0 Å². The van der Waals surface area contributed by atoms with Gasteiger partial charge in [-0.1, -0.05) is 0 Å². The summed E-state index contributed by atoms with van der Waals surface area (Å²) in [6, 6.07) is 0. The number of hydrogen-bond donors (Lipinski definition) is 1. The minimum atomic E-state index is -0.907. The van der Waals surface area contributed by atoms with Gasteiger partial charge in [0.2, 0.25) is 0 Å². The van der Waals surface area contributed by atoms with E-state index < -0.39 is 18.3 Å². The second-order valence-corrected chi connectivity index (χ2v) is 2.63. The fourth-order valence-electron chi connectivity index (χ4n) is 1.22. The fourth-order valence-corrected chi connectivity index (χ4v) is 1.22. The Morgan fingerprint density at radius 3 is 3.00 bits per heavy atom. The van der Waals surface area contributed by atoms with Gasteiger partial charge in [0.1, 0.15) is 24.6 Å². The topological polar surface area (TPSA) is 66.9 Å². The van der Waals surface area contributed by atoms with Crippen molar-refractivity contribution in [2.75, 3.05) is 0 Å². The van der Waals surface area contributed by atoms with Crippen LogP contribution in [0.1, 0.15) is 0 Å². The Bertz CT molecular complexity index is 255. The summed E-state index contributed by atoms with van der Waals surface area (Å²) in [6.45, 7) is 0. The lowest BCUT2D eigenvalue weighted by Gasteiger charge is -2.09. The lowest BCUT2D eigenvalue weighted by molar-refractivity contribution is -0.116. The van der Waals surface area contributed by atoms with Gasteiger partial charge in [0.25, 0.3) is 0 Å². The Morgan fingerprint density at radius 1 is 1.64 bits per heavy atom. The van der Waals surface area contributed by atoms with Crippen LogP contribution in [0.15, 0.2) is 11.6 Å². The number of fused-ring (bicyclic) bond motifs is 1. The molecule has 58 valence electrons. The highest BCUT2D eigenvalue weighted by Gasteiger charge is 2.52. The van der Waals surface area contributed by atoms with Gasteiger partial charge in [0.05, 0.1) is 0 Å². The monoisotopic (exact) mass is 154 g/mol. The van der Waals surface area contributed by atoms with Crippen LogP contribution in [-0.4, -0.2) is 35.5 Å². The van der Waals surface area contributed by atoms with Gasteiger partial charge >= 0.3 is 0 Å². The Hall–Kier alpha value is -1.00. The number of ketones is 1. The van der Waals surface area contributed by atoms with Gasteiger partial charge in [-0.2, -0.15) is 0 Å². The average Bonchev–Trinajstić information content (AvgIpc) is 2.75. The summed E-state index contributed by atoms with van der Waals surface area (Å²) in [5.74, 6) is -0.220. The lowest BCUT2D eigenvalue weighted by atomic mass is 9.97. The highest BCUT2D eigenvalue weighted by molar-refractivity contribution is 6.02. The number of carbonyl (C=O) groups is 2. The zero-order valence-corrected chi connectivity index (χ0v) is 5.56. The summed E-state index contributed by atoms with van der Waals surface area (Å²) in [5.41, 5.74) is 0.119. The molecule has 0 aromatic heterocycles. The molecule has 3 atom stereocenters. The van der Waals surface area contributed by atoms with Crippen LogP contribution in [0.3, 0.4) is 0 Å². The van der Waals surface area contributed by atoms with E-state index in [-0.39, 0.29) is 11.4 Å². The van der Waals surface area contributed by atoms with Crippen LogP contribution in [0, 0.1) is 0 Å². The quantitative estimate of drug-likeness (QED) is 0.381. The highest BCUT2D eigenvalue weighted by atomic mass is 16.6. The van der Waals surface area contributed by atoms with E-state index in [1.54, 1.807) is 0 Å². The maximum Gasteiger partial charge on any atom is 0.187 e. The first-order valence-corrected chi connectivity index (χ1v) is 3.28. The number of hydrogen-bond acceptors (Lipinski definition) is 4. The molecule has 4 nitrogen and oxygen atoms in total. The van der Waals surface area contributed by atoms with Crippen molar-refractivity contribution in [3.05, 3.63) is 11.6 Å². The van der Waals surface area contributed by atoms with E-state index in [0.29, 0.717) is 6.29 Å². The van der Waals surface area contributed by atoms with Crippen LogP contribution in [-0.2, 0) is 14.3 Å². The number of epoxide rings is 1. The van der Waals surface area contributed by atoms with E-state index in [2.05, 4.69) is 0 Å². The van der Waals surface area contributed by atoms with Crippen molar-refractivity contribution in [2.45, 2.75) is 18.3 Å². The summed E-state index contributed by atoms with van der Waals surface area (Å²) >= 11 is 0. The van der Waals surface area contributed by atoms with Gasteiger partial charge in [-0.15, -0.1) is 0 Å². The van der Waals surface area contributed by atoms with Crippen molar-refractivity contribution in [3.63, 3.8) is 0 Å². The highest BCUT2D eigenvalue weighted by Crippen LogP contribution is 2.33. The zero-order chi connectivity index (χ0) is 8.01. The van der Waals surface area contributed by atoms with Crippen molar-refractivity contribution >= 4 is 12.1 Å². The van der Waals surface area contributed by atoms with E-state index in [1.165, 1.54) is 0 Å². The van der Waals surface area contributed by atoms with Gasteiger partial charge in [0, 0.05) is 5.57 Å². The summed E-state index contributed by atoms with van der Waals surface area (Å²) in [4.78, 5) is 21.1. The number of aliphatic hydroxyl groups is 1. The molecular weight excluding hydrogens is 148 g/mol. The van der Waals surface area contributed by atoms with E-state index in [9.17, 15) is 14.7 Å². The summed E-state index contributed by atoms with van der Waals surface area (Å²) in [6.07, 6.45) is -0.233. The molecule has 0 amide bonds.